The number of ether oxygens (including phenoxy) is 6. The van der Waals surface area contributed by atoms with Crippen LogP contribution in [0.4, 0.5) is 14.4 Å². The zero-order valence-electron chi connectivity index (χ0n) is 23.5. The van der Waals surface area contributed by atoms with E-state index >= 15 is 0 Å². The van der Waals surface area contributed by atoms with E-state index in [1.807, 2.05) is 41.5 Å². The Kier molecular flexibility index (Phi) is 11.4. The van der Waals surface area contributed by atoms with Gasteiger partial charge in [-0.2, -0.15) is 0 Å². The van der Waals surface area contributed by atoms with E-state index in [1.54, 1.807) is 13.8 Å². The molecule has 38 heavy (non-hydrogen) atoms. The molecule has 0 unspecified atom stereocenters. The SMILES string of the molecule is COC(=O)O[C@](Cc1ccc(OC(=O)OCC(C)(C)C)c(OC(=O)OCC(C)(C)C)c1)(NC(C)C)C(=O)O. The summed E-state index contributed by atoms with van der Waals surface area (Å²) in [5.74, 6) is -1.90. The lowest BCUT2D eigenvalue weighted by molar-refractivity contribution is -0.166. The Labute approximate surface area is 222 Å². The number of methoxy groups -OCH3 is 1. The van der Waals surface area contributed by atoms with Gasteiger partial charge in [-0.15, -0.1) is 0 Å². The fourth-order valence-corrected chi connectivity index (χ4v) is 2.85. The van der Waals surface area contributed by atoms with Crippen LogP contribution in [0.5, 0.6) is 11.5 Å². The predicted octanol–water partition coefficient (Wildman–Crippen LogP) is 4.91. The average molecular weight is 542 g/mol. The Morgan fingerprint density at radius 2 is 1.34 bits per heavy atom. The standard InChI is InChI=1S/C26H39NO11/c1-16(2)27-26(20(28)29,38-21(30)33-9)13-17-10-11-18(36-22(31)34-14-24(3,4)5)19(12-17)37-23(32)35-15-25(6,7)8/h10-12,16,27H,13-15H2,1-9H3,(H,28,29)/t26-/m0/s1. The van der Waals surface area contributed by atoms with Crippen molar-refractivity contribution in [2.75, 3.05) is 20.3 Å². The molecule has 214 valence electrons. The molecule has 0 spiro atoms. The van der Waals surface area contributed by atoms with Crippen molar-refractivity contribution in [2.45, 2.75) is 73.6 Å². The number of benzene rings is 1. The van der Waals surface area contributed by atoms with Gasteiger partial charge in [0.15, 0.2) is 11.5 Å². The van der Waals surface area contributed by atoms with E-state index in [9.17, 15) is 24.3 Å². The third kappa shape index (κ3) is 11.7. The summed E-state index contributed by atoms with van der Waals surface area (Å²) in [6, 6.07) is 3.56. The molecule has 0 aliphatic heterocycles. The zero-order valence-corrected chi connectivity index (χ0v) is 23.5. The molecule has 0 amide bonds. The van der Waals surface area contributed by atoms with Gasteiger partial charge in [-0.1, -0.05) is 47.6 Å². The molecule has 0 heterocycles. The first-order chi connectivity index (χ1) is 17.4. The van der Waals surface area contributed by atoms with Crippen LogP contribution in [0.1, 0.15) is 61.0 Å². The summed E-state index contributed by atoms with van der Waals surface area (Å²) in [7, 11) is 1.05. The first kappa shape index (κ1) is 32.5. The van der Waals surface area contributed by atoms with E-state index in [-0.39, 0.29) is 41.1 Å². The molecule has 2 N–H and O–H groups in total. The summed E-state index contributed by atoms with van der Waals surface area (Å²) in [5.41, 5.74) is -2.63. The van der Waals surface area contributed by atoms with Gasteiger partial charge < -0.3 is 33.5 Å². The molecule has 0 aliphatic rings. The number of aliphatic carboxylic acids is 1. The molecule has 1 atom stereocenters. The van der Waals surface area contributed by atoms with Crippen molar-refractivity contribution in [1.82, 2.24) is 5.32 Å². The highest BCUT2D eigenvalue weighted by Gasteiger charge is 2.44. The Morgan fingerprint density at radius 3 is 1.76 bits per heavy atom. The van der Waals surface area contributed by atoms with Crippen molar-refractivity contribution in [3.63, 3.8) is 0 Å². The summed E-state index contributed by atoms with van der Waals surface area (Å²) in [5, 5.41) is 12.7. The molecule has 0 fully saturated rings. The van der Waals surface area contributed by atoms with Crippen molar-refractivity contribution in [2.24, 2.45) is 10.8 Å². The first-order valence-corrected chi connectivity index (χ1v) is 12.0. The van der Waals surface area contributed by atoms with Crippen LogP contribution < -0.4 is 14.8 Å². The zero-order chi connectivity index (χ0) is 29.3. The summed E-state index contributed by atoms with van der Waals surface area (Å²) in [4.78, 5) is 48.7. The number of carbonyl (C=O) groups is 4. The molecule has 12 nitrogen and oxygen atoms in total. The highest BCUT2D eigenvalue weighted by atomic mass is 16.8. The Hall–Kier alpha value is -3.54. The molecule has 1 aromatic rings. The molecular weight excluding hydrogens is 502 g/mol. The topological polar surface area (TPSA) is 156 Å². The molecule has 0 aromatic heterocycles. The molecule has 0 saturated carbocycles. The maximum absolute atomic E-state index is 12.4. The van der Waals surface area contributed by atoms with Gasteiger partial charge in [-0.25, -0.2) is 19.2 Å². The smallest absolute Gasteiger partial charge is 0.477 e. The highest BCUT2D eigenvalue weighted by molar-refractivity contribution is 5.80. The summed E-state index contributed by atoms with van der Waals surface area (Å²) in [6.45, 7) is 14.6. The second kappa shape index (κ2) is 13.3. The fourth-order valence-electron chi connectivity index (χ4n) is 2.85. The monoisotopic (exact) mass is 541 g/mol. The van der Waals surface area contributed by atoms with Gasteiger partial charge in [-0.05, 0) is 42.4 Å². The van der Waals surface area contributed by atoms with Crippen LogP contribution in [0.15, 0.2) is 18.2 Å². The maximum Gasteiger partial charge on any atom is 0.513 e. The predicted molar refractivity (Wildman–Crippen MR) is 135 cm³/mol. The van der Waals surface area contributed by atoms with Crippen LogP contribution in [-0.2, 0) is 30.2 Å². The second-order valence-corrected chi connectivity index (χ2v) is 11.3. The summed E-state index contributed by atoms with van der Waals surface area (Å²) >= 11 is 0. The van der Waals surface area contributed by atoms with E-state index in [4.69, 9.17) is 23.7 Å². The van der Waals surface area contributed by atoms with Crippen LogP contribution >= 0.6 is 0 Å². The lowest BCUT2D eigenvalue weighted by atomic mass is 9.99. The van der Waals surface area contributed by atoms with Crippen molar-refractivity contribution < 1.29 is 52.7 Å². The van der Waals surface area contributed by atoms with E-state index < -0.39 is 42.6 Å². The van der Waals surface area contributed by atoms with E-state index in [0.29, 0.717) is 0 Å². The molecule has 12 heteroatoms. The van der Waals surface area contributed by atoms with Crippen molar-refractivity contribution in [3.05, 3.63) is 23.8 Å². The van der Waals surface area contributed by atoms with Crippen LogP contribution in [0.3, 0.4) is 0 Å². The molecular formula is C26H39NO11. The Bertz CT molecular complexity index is 992. The lowest BCUT2D eigenvalue weighted by Crippen LogP contribution is -2.59. The number of rotatable bonds is 10. The third-order valence-electron chi connectivity index (χ3n) is 4.39. The first-order valence-electron chi connectivity index (χ1n) is 12.0. The van der Waals surface area contributed by atoms with Gasteiger partial charge in [-0.3, -0.25) is 5.32 Å². The van der Waals surface area contributed by atoms with Gasteiger partial charge in [0, 0.05) is 12.5 Å². The number of hydrogen-bond acceptors (Lipinski definition) is 11. The lowest BCUT2D eigenvalue weighted by Gasteiger charge is -2.31. The van der Waals surface area contributed by atoms with Crippen molar-refractivity contribution in [1.29, 1.82) is 0 Å². The molecule has 0 saturated heterocycles. The average Bonchev–Trinajstić information content (AvgIpc) is 2.76. The summed E-state index contributed by atoms with van der Waals surface area (Å²) in [6.07, 6.45) is -3.72. The third-order valence-corrected chi connectivity index (χ3v) is 4.39. The van der Waals surface area contributed by atoms with E-state index in [1.165, 1.54) is 18.2 Å². The number of nitrogens with one attached hydrogen (secondary N) is 1. The van der Waals surface area contributed by atoms with Gasteiger partial charge in [0.05, 0.1) is 20.3 Å². The maximum atomic E-state index is 12.4. The molecule has 1 rings (SSSR count). The minimum atomic E-state index is -2.22. The Morgan fingerprint density at radius 1 is 0.842 bits per heavy atom. The van der Waals surface area contributed by atoms with E-state index in [2.05, 4.69) is 10.1 Å². The van der Waals surface area contributed by atoms with Crippen LogP contribution in [-0.4, -0.2) is 61.6 Å². The van der Waals surface area contributed by atoms with Crippen LogP contribution in [0, 0.1) is 10.8 Å². The highest BCUT2D eigenvalue weighted by Crippen LogP contribution is 2.32. The Balaban J connectivity index is 3.37. The fraction of sp³-hybridized carbons (Fsp3) is 0.615. The number of hydrogen-bond donors (Lipinski definition) is 2. The number of carbonyl (C=O) groups excluding carboxylic acids is 3. The molecule has 1 aromatic carbocycles. The second-order valence-electron chi connectivity index (χ2n) is 11.3. The molecule has 0 bridgehead atoms. The van der Waals surface area contributed by atoms with E-state index in [0.717, 1.165) is 7.11 Å². The van der Waals surface area contributed by atoms with Gasteiger partial charge >= 0.3 is 24.4 Å². The molecule has 0 aliphatic carbocycles. The number of carboxylic acid groups (broad SMARTS) is 1. The normalized spacial score (nSPS) is 13.2. The molecule has 0 radical (unpaired) electrons. The van der Waals surface area contributed by atoms with Crippen molar-refractivity contribution >= 4 is 24.4 Å². The summed E-state index contributed by atoms with van der Waals surface area (Å²) < 4.78 is 30.4. The van der Waals surface area contributed by atoms with Crippen LogP contribution in [0.25, 0.3) is 0 Å². The minimum absolute atomic E-state index is 0.0444. The van der Waals surface area contributed by atoms with Gasteiger partial charge in [0.2, 0.25) is 0 Å². The number of carboxylic acids is 1. The van der Waals surface area contributed by atoms with Crippen molar-refractivity contribution in [3.8, 4) is 11.5 Å². The quantitative estimate of drug-likeness (QED) is 0.179. The van der Waals surface area contributed by atoms with Gasteiger partial charge in [0.25, 0.3) is 5.72 Å². The van der Waals surface area contributed by atoms with Gasteiger partial charge in [0.1, 0.15) is 0 Å². The largest absolute Gasteiger partial charge is 0.513 e. The van der Waals surface area contributed by atoms with Crippen LogP contribution in [0.2, 0.25) is 0 Å². The minimum Gasteiger partial charge on any atom is -0.477 e.